The molecule has 0 fully saturated rings. The number of aliphatic hydroxyl groups is 1. The zero-order valence-corrected chi connectivity index (χ0v) is 9.08. The summed E-state index contributed by atoms with van der Waals surface area (Å²) in [4.78, 5) is 11.6. The van der Waals surface area contributed by atoms with Crippen LogP contribution in [0.3, 0.4) is 0 Å². The van der Waals surface area contributed by atoms with Crippen molar-refractivity contribution in [1.82, 2.24) is 5.32 Å². The molecule has 0 aliphatic carbocycles. The number of amides is 1. The average Bonchev–Trinajstić information content (AvgIpc) is 2.17. The van der Waals surface area contributed by atoms with E-state index in [1.54, 1.807) is 31.2 Å². The standard InChI is InChI=1S/C11H12ClNO2/c1-7(8(2)14)13-11(15)9-4-3-5-10(12)6-9/h3-7,14H,2H2,1H3,(H,13,15)/t7-/m0/s1. The number of carbonyl (C=O) groups is 1. The van der Waals surface area contributed by atoms with E-state index in [0.29, 0.717) is 10.6 Å². The van der Waals surface area contributed by atoms with Crippen LogP contribution in [0.25, 0.3) is 0 Å². The summed E-state index contributed by atoms with van der Waals surface area (Å²) in [7, 11) is 0. The lowest BCUT2D eigenvalue weighted by Gasteiger charge is -2.12. The first-order chi connectivity index (χ1) is 7.00. The van der Waals surface area contributed by atoms with Crippen molar-refractivity contribution in [3.63, 3.8) is 0 Å². The minimum atomic E-state index is -0.475. The third kappa shape index (κ3) is 3.29. The highest BCUT2D eigenvalue weighted by atomic mass is 35.5. The Bertz CT molecular complexity index is 390. The summed E-state index contributed by atoms with van der Waals surface area (Å²) in [6, 6.07) is 6.11. The highest BCUT2D eigenvalue weighted by Gasteiger charge is 2.11. The van der Waals surface area contributed by atoms with Crippen molar-refractivity contribution in [2.24, 2.45) is 0 Å². The predicted molar refractivity (Wildman–Crippen MR) is 60.1 cm³/mol. The largest absolute Gasteiger partial charge is 0.511 e. The van der Waals surface area contributed by atoms with Crippen molar-refractivity contribution in [3.8, 4) is 0 Å². The Hall–Kier alpha value is -1.48. The molecular formula is C11H12ClNO2. The second kappa shape index (κ2) is 4.84. The average molecular weight is 226 g/mol. The van der Waals surface area contributed by atoms with E-state index in [1.165, 1.54) is 0 Å². The van der Waals surface area contributed by atoms with Crippen molar-refractivity contribution < 1.29 is 9.90 Å². The molecular weight excluding hydrogens is 214 g/mol. The van der Waals surface area contributed by atoms with Crippen LogP contribution < -0.4 is 5.32 Å². The zero-order chi connectivity index (χ0) is 11.4. The Morgan fingerprint density at radius 1 is 1.60 bits per heavy atom. The van der Waals surface area contributed by atoms with Gasteiger partial charge in [-0.3, -0.25) is 4.79 Å². The van der Waals surface area contributed by atoms with Gasteiger partial charge in [-0.2, -0.15) is 0 Å². The Labute approximate surface area is 93.4 Å². The van der Waals surface area contributed by atoms with Crippen molar-refractivity contribution in [3.05, 3.63) is 47.2 Å². The molecule has 1 aromatic rings. The maximum absolute atomic E-state index is 11.6. The van der Waals surface area contributed by atoms with Crippen LogP contribution in [0.5, 0.6) is 0 Å². The SMILES string of the molecule is C=C(O)[C@H](C)NC(=O)c1cccc(Cl)c1. The molecule has 3 nitrogen and oxygen atoms in total. The zero-order valence-electron chi connectivity index (χ0n) is 8.33. The molecule has 0 bridgehead atoms. The number of halogens is 1. The number of nitrogens with one attached hydrogen (secondary N) is 1. The quantitative estimate of drug-likeness (QED) is 0.777. The van der Waals surface area contributed by atoms with Gasteiger partial charge in [0.25, 0.3) is 5.91 Å². The van der Waals surface area contributed by atoms with Gasteiger partial charge >= 0.3 is 0 Å². The van der Waals surface area contributed by atoms with Crippen LogP contribution in [0, 0.1) is 0 Å². The molecule has 0 heterocycles. The van der Waals surface area contributed by atoms with Crippen LogP contribution in [0.15, 0.2) is 36.6 Å². The molecule has 0 aliphatic heterocycles. The normalized spacial score (nSPS) is 11.9. The maximum Gasteiger partial charge on any atom is 0.251 e. The van der Waals surface area contributed by atoms with E-state index in [9.17, 15) is 4.79 Å². The summed E-state index contributed by atoms with van der Waals surface area (Å²) in [5.74, 6) is -0.370. The van der Waals surface area contributed by atoms with E-state index in [-0.39, 0.29) is 11.7 Å². The Balaban J connectivity index is 2.73. The van der Waals surface area contributed by atoms with Crippen LogP contribution in [0.4, 0.5) is 0 Å². The summed E-state index contributed by atoms with van der Waals surface area (Å²) in [5.41, 5.74) is 0.454. The van der Waals surface area contributed by atoms with Gasteiger partial charge in [0, 0.05) is 10.6 Å². The van der Waals surface area contributed by atoms with E-state index < -0.39 is 6.04 Å². The monoisotopic (exact) mass is 225 g/mol. The summed E-state index contributed by atoms with van der Waals surface area (Å²) < 4.78 is 0. The molecule has 80 valence electrons. The molecule has 0 unspecified atom stereocenters. The highest BCUT2D eigenvalue weighted by molar-refractivity contribution is 6.30. The van der Waals surface area contributed by atoms with Gasteiger partial charge in [0.05, 0.1) is 6.04 Å². The number of hydrogen-bond donors (Lipinski definition) is 2. The van der Waals surface area contributed by atoms with Crippen molar-refractivity contribution in [1.29, 1.82) is 0 Å². The summed E-state index contributed by atoms with van der Waals surface area (Å²) in [5, 5.41) is 12.1. The van der Waals surface area contributed by atoms with Crippen molar-refractivity contribution >= 4 is 17.5 Å². The van der Waals surface area contributed by atoms with Gasteiger partial charge in [0.2, 0.25) is 0 Å². The maximum atomic E-state index is 11.6. The smallest absolute Gasteiger partial charge is 0.251 e. The van der Waals surface area contributed by atoms with Crippen molar-refractivity contribution in [2.45, 2.75) is 13.0 Å². The second-order valence-corrected chi connectivity index (χ2v) is 3.63. The topological polar surface area (TPSA) is 49.3 Å². The minimum absolute atomic E-state index is 0.0784. The van der Waals surface area contributed by atoms with Crippen LogP contribution in [-0.2, 0) is 0 Å². The second-order valence-electron chi connectivity index (χ2n) is 3.20. The van der Waals surface area contributed by atoms with Gasteiger partial charge in [-0.1, -0.05) is 24.2 Å². The van der Waals surface area contributed by atoms with Gasteiger partial charge in [-0.05, 0) is 25.1 Å². The molecule has 0 radical (unpaired) electrons. The molecule has 1 aromatic carbocycles. The van der Waals surface area contributed by atoms with E-state index >= 15 is 0 Å². The molecule has 0 saturated carbocycles. The molecule has 0 aliphatic rings. The molecule has 0 saturated heterocycles. The van der Waals surface area contributed by atoms with E-state index in [4.69, 9.17) is 16.7 Å². The lowest BCUT2D eigenvalue weighted by Crippen LogP contribution is -2.33. The molecule has 0 spiro atoms. The van der Waals surface area contributed by atoms with Gasteiger partial charge < -0.3 is 10.4 Å². The summed E-state index contributed by atoms with van der Waals surface area (Å²) in [6.07, 6.45) is 0. The lowest BCUT2D eigenvalue weighted by molar-refractivity contribution is 0.0937. The molecule has 4 heteroatoms. The fourth-order valence-corrected chi connectivity index (χ4v) is 1.18. The number of benzene rings is 1. The van der Waals surface area contributed by atoms with Crippen LogP contribution in [0.2, 0.25) is 5.02 Å². The Morgan fingerprint density at radius 3 is 2.80 bits per heavy atom. The number of carbonyl (C=O) groups excluding carboxylic acids is 1. The van der Waals surface area contributed by atoms with Crippen LogP contribution in [0.1, 0.15) is 17.3 Å². The molecule has 15 heavy (non-hydrogen) atoms. The van der Waals surface area contributed by atoms with Gasteiger partial charge in [0.15, 0.2) is 0 Å². The number of rotatable bonds is 3. The van der Waals surface area contributed by atoms with Gasteiger partial charge in [-0.15, -0.1) is 0 Å². The number of hydrogen-bond acceptors (Lipinski definition) is 2. The highest BCUT2D eigenvalue weighted by Crippen LogP contribution is 2.10. The van der Waals surface area contributed by atoms with E-state index in [2.05, 4.69) is 11.9 Å². The first kappa shape index (κ1) is 11.6. The Morgan fingerprint density at radius 2 is 2.27 bits per heavy atom. The van der Waals surface area contributed by atoms with Gasteiger partial charge in [-0.25, -0.2) is 0 Å². The summed E-state index contributed by atoms with van der Waals surface area (Å²) >= 11 is 5.74. The van der Waals surface area contributed by atoms with Crippen LogP contribution >= 0.6 is 11.6 Å². The molecule has 2 N–H and O–H groups in total. The summed E-state index contributed by atoms with van der Waals surface area (Å²) in [6.45, 7) is 4.98. The molecule has 1 rings (SSSR count). The molecule has 1 amide bonds. The molecule has 0 aromatic heterocycles. The fraction of sp³-hybridized carbons (Fsp3) is 0.182. The lowest BCUT2D eigenvalue weighted by atomic mass is 10.2. The third-order valence-corrected chi connectivity index (χ3v) is 2.17. The van der Waals surface area contributed by atoms with Gasteiger partial charge in [0.1, 0.15) is 5.76 Å². The third-order valence-electron chi connectivity index (χ3n) is 1.93. The molecule has 1 atom stereocenters. The fourth-order valence-electron chi connectivity index (χ4n) is 0.993. The van der Waals surface area contributed by atoms with Crippen LogP contribution in [-0.4, -0.2) is 17.1 Å². The predicted octanol–water partition coefficient (Wildman–Crippen LogP) is 2.53. The minimum Gasteiger partial charge on any atom is -0.511 e. The first-order valence-electron chi connectivity index (χ1n) is 4.45. The van der Waals surface area contributed by atoms with E-state index in [0.717, 1.165) is 0 Å². The first-order valence-corrected chi connectivity index (χ1v) is 4.82. The number of aliphatic hydroxyl groups excluding tert-OH is 1. The van der Waals surface area contributed by atoms with Crippen molar-refractivity contribution in [2.75, 3.05) is 0 Å². The Kier molecular flexibility index (Phi) is 3.74. The van der Waals surface area contributed by atoms with E-state index in [1.807, 2.05) is 0 Å².